The van der Waals surface area contributed by atoms with Crippen LogP contribution in [0, 0.1) is 5.82 Å². The topological polar surface area (TPSA) is 103 Å². The Kier molecular flexibility index (Phi) is 5.46. The molecule has 10 heteroatoms. The van der Waals surface area contributed by atoms with E-state index in [9.17, 15) is 19.1 Å². The number of rotatable bonds is 5. The van der Waals surface area contributed by atoms with E-state index in [1.807, 2.05) is 31.1 Å². The van der Waals surface area contributed by atoms with Crippen LogP contribution in [0.1, 0.15) is 22.2 Å². The largest absolute Gasteiger partial charge is 0.503 e. The lowest BCUT2D eigenvalue weighted by molar-refractivity contribution is -0.117. The van der Waals surface area contributed by atoms with Gasteiger partial charge < -0.3 is 19.4 Å². The second-order valence-electron chi connectivity index (χ2n) is 9.17. The molecule has 3 heterocycles. The minimum atomic E-state index is -1.03. The second-order valence-corrected chi connectivity index (χ2v) is 9.61. The molecule has 0 bridgehead atoms. The first-order valence-electron chi connectivity index (χ1n) is 11.6. The smallest absolute Gasteiger partial charge is 0.296 e. The number of carbonyl (C=O) groups excluding carboxylic acids is 2. The Labute approximate surface area is 220 Å². The molecule has 1 amide bonds. The molecular formula is C28H20ClFN4O4. The van der Waals surface area contributed by atoms with E-state index in [1.54, 1.807) is 30.3 Å². The van der Waals surface area contributed by atoms with Gasteiger partial charge in [0.05, 0.1) is 22.6 Å². The van der Waals surface area contributed by atoms with Gasteiger partial charge in [0.1, 0.15) is 11.4 Å². The Morgan fingerprint density at radius 2 is 1.87 bits per heavy atom. The minimum absolute atomic E-state index is 0.0555. The molecule has 190 valence electrons. The molecule has 8 nitrogen and oxygen atoms in total. The average molecular weight is 531 g/mol. The number of benzene rings is 3. The van der Waals surface area contributed by atoms with Crippen molar-refractivity contribution >= 4 is 56.9 Å². The number of aromatic nitrogens is 2. The molecule has 1 unspecified atom stereocenters. The number of fused-ring (bicyclic) bond motifs is 2. The number of aliphatic hydroxyl groups is 1. The van der Waals surface area contributed by atoms with E-state index in [1.165, 1.54) is 29.2 Å². The predicted molar refractivity (Wildman–Crippen MR) is 142 cm³/mol. The number of carbonyl (C=O) groups is 2. The van der Waals surface area contributed by atoms with Crippen LogP contribution in [0.4, 0.5) is 16.0 Å². The third-order valence-corrected chi connectivity index (χ3v) is 6.77. The van der Waals surface area contributed by atoms with Crippen molar-refractivity contribution in [2.75, 3.05) is 23.9 Å². The Hall–Kier alpha value is -4.63. The van der Waals surface area contributed by atoms with Crippen molar-refractivity contribution in [3.8, 4) is 0 Å². The molecule has 1 aliphatic heterocycles. The molecule has 0 spiro atoms. The SMILES string of the molecule is CN(C)c1ccc(C2C(C(=O)c3cc4cc(Cl)ccc4o3)=C(O)C(=O)N2c2nc3ccc(F)cc3[nH]2)cc1. The highest BCUT2D eigenvalue weighted by Crippen LogP contribution is 2.42. The van der Waals surface area contributed by atoms with Crippen molar-refractivity contribution < 1.29 is 23.5 Å². The highest BCUT2D eigenvalue weighted by molar-refractivity contribution is 6.31. The van der Waals surface area contributed by atoms with Crippen molar-refractivity contribution in [2.24, 2.45) is 0 Å². The standard InChI is InChI=1S/C28H20ClFN4O4/c1-33(2)18-7-3-14(4-8-18)24-23(25(35)22-12-15-11-16(29)5-10-21(15)38-22)26(36)27(37)34(24)28-31-19-9-6-17(30)13-20(19)32-28/h3-13,24,36H,1-2H3,(H,31,32). The second kappa shape index (κ2) is 8.74. The van der Waals surface area contributed by atoms with E-state index >= 15 is 0 Å². The summed E-state index contributed by atoms with van der Waals surface area (Å²) in [5, 5.41) is 12.1. The van der Waals surface area contributed by atoms with Crippen LogP contribution in [0.2, 0.25) is 5.02 Å². The lowest BCUT2D eigenvalue weighted by Crippen LogP contribution is -2.32. The number of nitrogens with zero attached hydrogens (tertiary/aromatic N) is 3. The van der Waals surface area contributed by atoms with Crippen LogP contribution in [0.3, 0.4) is 0 Å². The first kappa shape index (κ1) is 23.7. The van der Waals surface area contributed by atoms with Gasteiger partial charge in [0, 0.05) is 30.2 Å². The fourth-order valence-electron chi connectivity index (χ4n) is 4.67. The Bertz CT molecular complexity index is 1790. The van der Waals surface area contributed by atoms with E-state index in [0.717, 1.165) is 5.69 Å². The molecule has 3 aromatic carbocycles. The number of nitrogens with one attached hydrogen (secondary N) is 1. The van der Waals surface area contributed by atoms with Gasteiger partial charge in [0.15, 0.2) is 11.5 Å². The summed E-state index contributed by atoms with van der Waals surface area (Å²) < 4.78 is 19.6. The molecule has 0 saturated carbocycles. The maximum Gasteiger partial charge on any atom is 0.296 e. The fourth-order valence-corrected chi connectivity index (χ4v) is 4.85. The van der Waals surface area contributed by atoms with Gasteiger partial charge in [0.25, 0.3) is 5.91 Å². The highest BCUT2D eigenvalue weighted by Gasteiger charge is 2.46. The number of aromatic amines is 1. The van der Waals surface area contributed by atoms with Crippen LogP contribution in [0.25, 0.3) is 22.0 Å². The molecule has 1 atom stereocenters. The van der Waals surface area contributed by atoms with Gasteiger partial charge in [-0.15, -0.1) is 0 Å². The number of hydrogen-bond donors (Lipinski definition) is 2. The zero-order valence-corrected chi connectivity index (χ0v) is 21.0. The number of imidazole rings is 1. The number of ketones is 1. The Morgan fingerprint density at radius 3 is 2.61 bits per heavy atom. The Balaban J connectivity index is 1.50. The molecule has 0 radical (unpaired) electrons. The summed E-state index contributed by atoms with van der Waals surface area (Å²) in [6.07, 6.45) is 0. The van der Waals surface area contributed by atoms with Crippen LogP contribution in [0.15, 0.2) is 82.5 Å². The van der Waals surface area contributed by atoms with Crippen LogP contribution in [0.5, 0.6) is 0 Å². The molecule has 6 rings (SSSR count). The fraction of sp³-hybridized carbons (Fsp3) is 0.107. The summed E-state index contributed by atoms with van der Waals surface area (Å²) in [5.74, 6) is -2.67. The van der Waals surface area contributed by atoms with Gasteiger partial charge in [-0.05, 0) is 60.2 Å². The molecule has 38 heavy (non-hydrogen) atoms. The summed E-state index contributed by atoms with van der Waals surface area (Å²) >= 11 is 6.08. The number of amides is 1. The quantitative estimate of drug-likeness (QED) is 0.272. The number of H-pyrrole nitrogens is 1. The molecule has 0 saturated heterocycles. The normalized spacial score (nSPS) is 15.7. The number of aliphatic hydroxyl groups excluding tert-OH is 1. The van der Waals surface area contributed by atoms with Crippen molar-refractivity contribution in [3.05, 3.63) is 100 Å². The van der Waals surface area contributed by atoms with E-state index < -0.39 is 29.3 Å². The number of Topliss-reactive ketones (excluding diaryl/α,β-unsaturated/α-hetero) is 1. The third kappa shape index (κ3) is 3.79. The van der Waals surface area contributed by atoms with Gasteiger partial charge in [-0.3, -0.25) is 14.5 Å². The van der Waals surface area contributed by atoms with Crippen molar-refractivity contribution in [3.63, 3.8) is 0 Å². The maximum atomic E-state index is 13.8. The lowest BCUT2D eigenvalue weighted by Gasteiger charge is -2.25. The number of halogens is 2. The molecule has 2 aromatic heterocycles. The maximum absolute atomic E-state index is 13.8. The van der Waals surface area contributed by atoms with Crippen LogP contribution in [-0.2, 0) is 4.79 Å². The molecule has 1 aliphatic rings. The summed E-state index contributed by atoms with van der Waals surface area (Å²) in [5.41, 5.74) is 2.52. The van der Waals surface area contributed by atoms with Crippen molar-refractivity contribution in [1.82, 2.24) is 9.97 Å². The van der Waals surface area contributed by atoms with Gasteiger partial charge in [-0.2, -0.15) is 0 Å². The zero-order valence-electron chi connectivity index (χ0n) is 20.2. The first-order valence-corrected chi connectivity index (χ1v) is 12.0. The summed E-state index contributed by atoms with van der Waals surface area (Å²) in [6, 6.07) is 16.6. The first-order chi connectivity index (χ1) is 18.2. The van der Waals surface area contributed by atoms with E-state index in [2.05, 4.69) is 9.97 Å². The van der Waals surface area contributed by atoms with E-state index in [-0.39, 0.29) is 17.3 Å². The predicted octanol–water partition coefficient (Wildman–Crippen LogP) is 5.95. The van der Waals surface area contributed by atoms with E-state index in [4.69, 9.17) is 16.0 Å². The zero-order chi connectivity index (χ0) is 26.7. The van der Waals surface area contributed by atoms with E-state index in [0.29, 0.717) is 32.6 Å². The van der Waals surface area contributed by atoms with Gasteiger partial charge in [-0.1, -0.05) is 23.7 Å². The Morgan fingerprint density at radius 1 is 1.11 bits per heavy atom. The monoisotopic (exact) mass is 530 g/mol. The summed E-state index contributed by atoms with van der Waals surface area (Å²) in [4.78, 5) is 37.7. The van der Waals surface area contributed by atoms with Gasteiger partial charge in [0.2, 0.25) is 11.7 Å². The van der Waals surface area contributed by atoms with Crippen LogP contribution >= 0.6 is 11.6 Å². The number of hydrogen-bond acceptors (Lipinski definition) is 6. The van der Waals surface area contributed by atoms with Gasteiger partial charge >= 0.3 is 0 Å². The lowest BCUT2D eigenvalue weighted by atomic mass is 9.95. The summed E-state index contributed by atoms with van der Waals surface area (Å²) in [7, 11) is 3.78. The van der Waals surface area contributed by atoms with Crippen LogP contribution in [-0.4, -0.2) is 40.9 Å². The molecule has 0 aliphatic carbocycles. The van der Waals surface area contributed by atoms with Crippen LogP contribution < -0.4 is 9.80 Å². The average Bonchev–Trinajstić information content (AvgIpc) is 3.57. The number of furan rings is 1. The molecular weight excluding hydrogens is 511 g/mol. The highest BCUT2D eigenvalue weighted by atomic mass is 35.5. The number of anilines is 2. The molecule has 5 aromatic rings. The molecule has 0 fully saturated rings. The van der Waals surface area contributed by atoms with Crippen molar-refractivity contribution in [1.29, 1.82) is 0 Å². The molecule has 2 N–H and O–H groups in total. The van der Waals surface area contributed by atoms with Gasteiger partial charge in [-0.25, -0.2) is 9.37 Å². The minimum Gasteiger partial charge on any atom is -0.503 e. The van der Waals surface area contributed by atoms with Crippen molar-refractivity contribution in [2.45, 2.75) is 6.04 Å². The summed E-state index contributed by atoms with van der Waals surface area (Å²) in [6.45, 7) is 0. The third-order valence-electron chi connectivity index (χ3n) is 6.54.